The molecule has 1 aliphatic rings. The molecule has 0 unspecified atom stereocenters. The highest BCUT2D eigenvalue weighted by Gasteiger charge is 2.29. The van der Waals surface area contributed by atoms with E-state index in [9.17, 15) is 8.42 Å². The average molecular weight is 569 g/mol. The zero-order valence-electron chi connectivity index (χ0n) is 19.2. The molecule has 11 heteroatoms. The van der Waals surface area contributed by atoms with Gasteiger partial charge in [0.1, 0.15) is 0 Å². The molecule has 1 aliphatic heterocycles. The summed E-state index contributed by atoms with van der Waals surface area (Å²) in [6, 6.07) is 10.7. The lowest BCUT2D eigenvalue weighted by Gasteiger charge is -2.33. The van der Waals surface area contributed by atoms with Gasteiger partial charge in [-0.3, -0.25) is 0 Å². The average Bonchev–Trinajstić information content (AvgIpc) is 3.31. The number of methoxy groups -OCH3 is 3. The Hall–Kier alpha value is -2.34. The molecule has 3 aromatic rings. The largest absolute Gasteiger partial charge is 0.493 e. The van der Waals surface area contributed by atoms with E-state index in [0.717, 1.165) is 20.9 Å². The van der Waals surface area contributed by atoms with E-state index >= 15 is 0 Å². The number of halogens is 1. The highest BCUT2D eigenvalue weighted by molar-refractivity contribution is 9.10. The fraction of sp³-hybridized carbons (Fsp3) is 0.348. The summed E-state index contributed by atoms with van der Waals surface area (Å²) in [5, 5.41) is 2.92. The van der Waals surface area contributed by atoms with Crippen LogP contribution >= 0.6 is 27.3 Å². The van der Waals surface area contributed by atoms with E-state index < -0.39 is 10.0 Å². The van der Waals surface area contributed by atoms with Gasteiger partial charge in [-0.05, 0) is 35.9 Å². The molecule has 2 heterocycles. The van der Waals surface area contributed by atoms with Gasteiger partial charge < -0.3 is 19.1 Å². The third kappa shape index (κ3) is 5.17. The Balaban J connectivity index is 1.43. The lowest BCUT2D eigenvalue weighted by molar-refractivity contribution is 0.324. The number of piperazine rings is 1. The molecule has 0 N–H and O–H groups in total. The van der Waals surface area contributed by atoms with E-state index in [0.29, 0.717) is 54.7 Å². The summed E-state index contributed by atoms with van der Waals surface area (Å²) in [6.07, 6.45) is 0.616. The Morgan fingerprint density at radius 1 is 1.00 bits per heavy atom. The fourth-order valence-electron chi connectivity index (χ4n) is 3.87. The van der Waals surface area contributed by atoms with E-state index in [2.05, 4.69) is 20.8 Å². The zero-order chi connectivity index (χ0) is 24.3. The molecule has 0 bridgehead atoms. The molecule has 8 nitrogen and oxygen atoms in total. The van der Waals surface area contributed by atoms with Crippen molar-refractivity contribution >= 4 is 42.4 Å². The highest BCUT2D eigenvalue weighted by atomic mass is 79.9. The van der Waals surface area contributed by atoms with Crippen molar-refractivity contribution in [2.75, 3.05) is 52.4 Å². The number of nitrogens with zero attached hydrogens (tertiary/aromatic N) is 3. The minimum atomic E-state index is -3.52. The Labute approximate surface area is 212 Å². The molecule has 1 fully saturated rings. The van der Waals surface area contributed by atoms with Crippen molar-refractivity contribution in [2.45, 2.75) is 11.3 Å². The second-order valence-electron chi connectivity index (χ2n) is 7.68. The molecule has 2 aromatic carbocycles. The molecule has 0 saturated carbocycles. The van der Waals surface area contributed by atoms with Crippen LogP contribution in [-0.4, -0.2) is 65.2 Å². The molecule has 0 aliphatic carbocycles. The summed E-state index contributed by atoms with van der Waals surface area (Å²) in [5.41, 5.74) is 1.93. The molecule has 0 spiro atoms. The van der Waals surface area contributed by atoms with Crippen LogP contribution in [-0.2, 0) is 16.4 Å². The first kappa shape index (κ1) is 24.8. The van der Waals surface area contributed by atoms with Crippen molar-refractivity contribution < 1.29 is 22.6 Å². The molecule has 0 atom stereocenters. The second-order valence-corrected chi connectivity index (χ2v) is 11.4. The van der Waals surface area contributed by atoms with Crippen molar-refractivity contribution in [3.8, 4) is 17.2 Å². The van der Waals surface area contributed by atoms with Crippen LogP contribution in [0.5, 0.6) is 17.2 Å². The van der Waals surface area contributed by atoms with E-state index in [1.807, 2.05) is 23.6 Å². The third-order valence-electron chi connectivity index (χ3n) is 5.59. The molecule has 1 saturated heterocycles. The molecule has 0 amide bonds. The fourth-order valence-corrected chi connectivity index (χ4v) is 6.76. The summed E-state index contributed by atoms with van der Waals surface area (Å²) in [6.45, 7) is 2.00. The van der Waals surface area contributed by atoms with Crippen molar-refractivity contribution in [3.05, 3.63) is 57.5 Å². The number of rotatable bonds is 8. The minimum absolute atomic E-state index is 0.303. The van der Waals surface area contributed by atoms with Gasteiger partial charge in [-0.2, -0.15) is 4.31 Å². The number of aromatic nitrogens is 1. The van der Waals surface area contributed by atoms with Gasteiger partial charge in [-0.15, -0.1) is 11.3 Å². The lowest BCUT2D eigenvalue weighted by Crippen LogP contribution is -2.48. The Morgan fingerprint density at radius 2 is 1.68 bits per heavy atom. The number of ether oxygens (including phenoxy) is 3. The van der Waals surface area contributed by atoms with Crippen LogP contribution in [0.4, 0.5) is 5.13 Å². The van der Waals surface area contributed by atoms with Crippen LogP contribution in [0.25, 0.3) is 0 Å². The molecule has 0 radical (unpaired) electrons. The standard InChI is InChI=1S/C23H26BrN3O5S2/c1-30-20-12-16(13-21(31-2)22(20)32-3)11-18-15-33-23(25-18)26-7-9-27(10-8-26)34(28,29)19-6-4-5-17(24)14-19/h4-6,12-15H,7-11H2,1-3H3. The Morgan fingerprint density at radius 3 is 2.26 bits per heavy atom. The number of thiazole rings is 1. The summed E-state index contributed by atoms with van der Waals surface area (Å²) in [7, 11) is 1.25. The number of hydrogen-bond acceptors (Lipinski definition) is 8. The Bertz CT molecular complexity index is 1230. The zero-order valence-corrected chi connectivity index (χ0v) is 22.4. The smallest absolute Gasteiger partial charge is 0.243 e. The third-order valence-corrected chi connectivity index (χ3v) is 8.93. The summed E-state index contributed by atoms with van der Waals surface area (Å²) < 4.78 is 44.5. The van der Waals surface area contributed by atoms with Crippen molar-refractivity contribution in [1.82, 2.24) is 9.29 Å². The first-order valence-electron chi connectivity index (χ1n) is 10.6. The van der Waals surface area contributed by atoms with Crippen molar-refractivity contribution in [2.24, 2.45) is 0 Å². The van der Waals surface area contributed by atoms with Gasteiger partial charge in [0.25, 0.3) is 0 Å². The van der Waals surface area contributed by atoms with Gasteiger partial charge >= 0.3 is 0 Å². The molecule has 182 valence electrons. The van der Waals surface area contributed by atoms with Crippen LogP contribution in [0.2, 0.25) is 0 Å². The highest BCUT2D eigenvalue weighted by Crippen LogP contribution is 2.39. The van der Waals surface area contributed by atoms with E-state index in [4.69, 9.17) is 19.2 Å². The molecular formula is C23H26BrN3O5S2. The number of hydrogen-bond donors (Lipinski definition) is 0. The Kier molecular flexibility index (Phi) is 7.66. The second kappa shape index (κ2) is 10.5. The number of benzene rings is 2. The quantitative estimate of drug-likeness (QED) is 0.406. The molecular weight excluding hydrogens is 542 g/mol. The van der Waals surface area contributed by atoms with Gasteiger partial charge in [0, 0.05) is 42.5 Å². The predicted octanol–water partition coefficient (Wildman–Crippen LogP) is 4.03. The van der Waals surface area contributed by atoms with Gasteiger partial charge in [-0.1, -0.05) is 22.0 Å². The maximum Gasteiger partial charge on any atom is 0.243 e. The van der Waals surface area contributed by atoms with Gasteiger partial charge in [0.2, 0.25) is 15.8 Å². The number of sulfonamides is 1. The van der Waals surface area contributed by atoms with Gasteiger partial charge in [-0.25, -0.2) is 13.4 Å². The summed E-state index contributed by atoms with van der Waals surface area (Å²) in [4.78, 5) is 7.24. The van der Waals surface area contributed by atoms with Crippen LogP contribution in [0.3, 0.4) is 0 Å². The molecule has 1 aromatic heterocycles. The van der Waals surface area contributed by atoms with Gasteiger partial charge in [0.15, 0.2) is 16.6 Å². The molecule has 34 heavy (non-hydrogen) atoms. The van der Waals surface area contributed by atoms with Crippen molar-refractivity contribution in [1.29, 1.82) is 0 Å². The van der Waals surface area contributed by atoms with Crippen LogP contribution in [0.15, 0.2) is 51.1 Å². The van der Waals surface area contributed by atoms with E-state index in [1.54, 1.807) is 50.9 Å². The van der Waals surface area contributed by atoms with Crippen LogP contribution in [0, 0.1) is 0 Å². The van der Waals surface area contributed by atoms with Crippen LogP contribution in [0.1, 0.15) is 11.3 Å². The van der Waals surface area contributed by atoms with Gasteiger partial charge in [0.05, 0.1) is 31.9 Å². The predicted molar refractivity (Wildman–Crippen MR) is 136 cm³/mol. The minimum Gasteiger partial charge on any atom is -0.493 e. The van der Waals surface area contributed by atoms with Crippen molar-refractivity contribution in [3.63, 3.8) is 0 Å². The first-order chi connectivity index (χ1) is 16.3. The van der Waals surface area contributed by atoms with E-state index in [1.165, 1.54) is 4.31 Å². The number of anilines is 1. The topological polar surface area (TPSA) is 81.2 Å². The first-order valence-corrected chi connectivity index (χ1v) is 13.7. The maximum atomic E-state index is 13.0. The normalized spacial score (nSPS) is 14.8. The summed E-state index contributed by atoms with van der Waals surface area (Å²) in [5.74, 6) is 1.77. The van der Waals surface area contributed by atoms with Crippen LogP contribution < -0.4 is 19.1 Å². The molecule has 4 rings (SSSR count). The monoisotopic (exact) mass is 567 g/mol. The lowest BCUT2D eigenvalue weighted by atomic mass is 10.1. The SMILES string of the molecule is COc1cc(Cc2csc(N3CCN(S(=O)(=O)c4cccc(Br)c4)CC3)n2)cc(OC)c1OC. The van der Waals surface area contributed by atoms with E-state index in [-0.39, 0.29) is 0 Å². The summed E-state index contributed by atoms with van der Waals surface area (Å²) >= 11 is 4.91. The maximum absolute atomic E-state index is 13.0.